The summed E-state index contributed by atoms with van der Waals surface area (Å²) in [5, 5.41) is 3.80. The summed E-state index contributed by atoms with van der Waals surface area (Å²) in [6, 6.07) is 9.60. The number of rotatable bonds is 8. The van der Waals surface area contributed by atoms with Crippen LogP contribution in [0.2, 0.25) is 0 Å². The zero-order valence-electron chi connectivity index (χ0n) is 14.0. The van der Waals surface area contributed by atoms with E-state index >= 15 is 0 Å². The number of unbranched alkanes of at least 4 members (excludes halogenated alkanes) is 3. The van der Waals surface area contributed by atoms with Gasteiger partial charge in [0.05, 0.1) is 0 Å². The molecule has 0 fully saturated rings. The molecule has 2 heteroatoms. The molecule has 118 valence electrons. The van der Waals surface area contributed by atoms with Crippen molar-refractivity contribution >= 4 is 11.8 Å². The van der Waals surface area contributed by atoms with Crippen LogP contribution in [-0.4, -0.2) is 18.6 Å². The van der Waals surface area contributed by atoms with Gasteiger partial charge in [0, 0.05) is 6.04 Å². The van der Waals surface area contributed by atoms with E-state index in [1.165, 1.54) is 56.4 Å². The first-order valence-electron chi connectivity index (χ1n) is 8.47. The van der Waals surface area contributed by atoms with Crippen LogP contribution < -0.4 is 5.32 Å². The van der Waals surface area contributed by atoms with Crippen molar-refractivity contribution in [3.05, 3.63) is 35.4 Å². The third-order valence-electron chi connectivity index (χ3n) is 4.79. The molecule has 0 radical (unpaired) electrons. The molecule has 0 saturated carbocycles. The van der Waals surface area contributed by atoms with E-state index in [4.69, 9.17) is 0 Å². The molecule has 1 aliphatic carbocycles. The van der Waals surface area contributed by atoms with Gasteiger partial charge >= 0.3 is 0 Å². The molecule has 0 aromatic heterocycles. The molecule has 0 heterocycles. The molecule has 1 nitrogen and oxygen atoms in total. The van der Waals surface area contributed by atoms with Crippen molar-refractivity contribution in [2.24, 2.45) is 0 Å². The number of thioether (sulfide) groups is 1. The third-order valence-corrected chi connectivity index (χ3v) is 5.49. The summed E-state index contributed by atoms with van der Waals surface area (Å²) in [5.41, 5.74) is 3.43. The fourth-order valence-electron chi connectivity index (χ4n) is 3.43. The number of benzene rings is 1. The molecular weight excluding hydrogens is 274 g/mol. The highest BCUT2D eigenvalue weighted by Crippen LogP contribution is 2.41. The Morgan fingerprint density at radius 1 is 1.14 bits per heavy atom. The molecule has 1 N–H and O–H groups in total. The van der Waals surface area contributed by atoms with E-state index in [1.54, 1.807) is 5.56 Å². The van der Waals surface area contributed by atoms with Gasteiger partial charge in [-0.3, -0.25) is 0 Å². The van der Waals surface area contributed by atoms with Crippen molar-refractivity contribution in [3.63, 3.8) is 0 Å². The summed E-state index contributed by atoms with van der Waals surface area (Å²) in [6.45, 7) is 5.93. The van der Waals surface area contributed by atoms with Crippen LogP contribution in [0, 0.1) is 0 Å². The van der Waals surface area contributed by atoms with Crippen molar-refractivity contribution in [2.75, 3.05) is 18.6 Å². The van der Waals surface area contributed by atoms with Crippen LogP contribution in [0.4, 0.5) is 0 Å². The lowest BCUT2D eigenvalue weighted by molar-refractivity contribution is 0.356. The summed E-state index contributed by atoms with van der Waals surface area (Å²) < 4.78 is 0. The van der Waals surface area contributed by atoms with Gasteiger partial charge < -0.3 is 5.32 Å². The monoisotopic (exact) mass is 305 g/mol. The maximum absolute atomic E-state index is 3.80. The molecule has 1 aromatic carbocycles. The molecule has 1 atom stereocenters. The van der Waals surface area contributed by atoms with Crippen molar-refractivity contribution < 1.29 is 0 Å². The largest absolute Gasteiger partial charge is 0.310 e. The van der Waals surface area contributed by atoms with E-state index < -0.39 is 0 Å². The van der Waals surface area contributed by atoms with E-state index in [-0.39, 0.29) is 0 Å². The summed E-state index contributed by atoms with van der Waals surface area (Å²) in [7, 11) is 0. The summed E-state index contributed by atoms with van der Waals surface area (Å²) in [5.74, 6) is 1.32. The van der Waals surface area contributed by atoms with Gasteiger partial charge in [0.1, 0.15) is 0 Å². The fraction of sp³-hybridized carbons (Fsp3) is 0.684. The smallest absolute Gasteiger partial charge is 0.0323 e. The van der Waals surface area contributed by atoms with Crippen LogP contribution in [0.5, 0.6) is 0 Å². The van der Waals surface area contributed by atoms with Crippen molar-refractivity contribution in [2.45, 2.75) is 63.8 Å². The summed E-state index contributed by atoms with van der Waals surface area (Å²) >= 11 is 1.96. The second kappa shape index (κ2) is 8.24. The molecule has 0 spiro atoms. The molecule has 1 unspecified atom stereocenters. The Kier molecular flexibility index (Phi) is 6.63. The van der Waals surface area contributed by atoms with Gasteiger partial charge in [0.2, 0.25) is 0 Å². The lowest BCUT2D eigenvalue weighted by atomic mass is 9.71. The average molecular weight is 306 g/mol. The number of hydrogen-bond donors (Lipinski definition) is 1. The summed E-state index contributed by atoms with van der Waals surface area (Å²) in [4.78, 5) is 0. The van der Waals surface area contributed by atoms with Crippen LogP contribution in [0.25, 0.3) is 0 Å². The number of nitrogens with one attached hydrogen (secondary N) is 1. The Morgan fingerprint density at radius 2 is 1.90 bits per heavy atom. The first-order chi connectivity index (χ1) is 10.1. The minimum atomic E-state index is 0.340. The number of fused-ring (bicyclic) bond motifs is 1. The van der Waals surface area contributed by atoms with Gasteiger partial charge in [0.25, 0.3) is 0 Å². The highest BCUT2D eigenvalue weighted by molar-refractivity contribution is 7.98. The Balaban J connectivity index is 1.80. The Labute approximate surface area is 135 Å². The van der Waals surface area contributed by atoms with Gasteiger partial charge in [0.15, 0.2) is 0 Å². The minimum absolute atomic E-state index is 0.340. The normalized spacial score (nSPS) is 20.2. The van der Waals surface area contributed by atoms with Crippen molar-refractivity contribution in [1.82, 2.24) is 5.32 Å². The first-order valence-corrected chi connectivity index (χ1v) is 9.86. The SMILES string of the molecule is CSCCCCCCNC1CCC(C)(C)c2ccccc21. The van der Waals surface area contributed by atoms with Crippen LogP contribution in [0.1, 0.15) is 69.5 Å². The van der Waals surface area contributed by atoms with Crippen LogP contribution in [-0.2, 0) is 5.41 Å². The quantitative estimate of drug-likeness (QED) is 0.653. The second-order valence-electron chi connectivity index (χ2n) is 6.92. The van der Waals surface area contributed by atoms with E-state index in [1.807, 2.05) is 11.8 Å². The van der Waals surface area contributed by atoms with Crippen LogP contribution in [0.15, 0.2) is 24.3 Å². The maximum Gasteiger partial charge on any atom is 0.0323 e. The van der Waals surface area contributed by atoms with E-state index in [9.17, 15) is 0 Å². The van der Waals surface area contributed by atoms with E-state index in [0.717, 1.165) is 0 Å². The zero-order chi connectivity index (χ0) is 15.1. The van der Waals surface area contributed by atoms with Gasteiger partial charge in [-0.1, -0.05) is 51.0 Å². The lowest BCUT2D eigenvalue weighted by Gasteiger charge is -2.37. The van der Waals surface area contributed by atoms with E-state index in [0.29, 0.717) is 11.5 Å². The highest BCUT2D eigenvalue weighted by atomic mass is 32.2. The molecule has 1 aromatic rings. The van der Waals surface area contributed by atoms with Gasteiger partial charge in [-0.05, 0) is 60.8 Å². The van der Waals surface area contributed by atoms with Crippen molar-refractivity contribution in [3.8, 4) is 0 Å². The predicted molar refractivity (Wildman–Crippen MR) is 96.3 cm³/mol. The predicted octanol–water partition coefficient (Wildman–Crippen LogP) is 5.31. The van der Waals surface area contributed by atoms with E-state index in [2.05, 4.69) is 49.7 Å². The molecule has 0 bridgehead atoms. The molecule has 21 heavy (non-hydrogen) atoms. The summed E-state index contributed by atoms with van der Waals surface area (Å²) in [6.07, 6.45) is 10.2. The molecule has 2 rings (SSSR count). The van der Waals surface area contributed by atoms with Gasteiger partial charge in [-0.25, -0.2) is 0 Å². The minimum Gasteiger partial charge on any atom is -0.310 e. The van der Waals surface area contributed by atoms with Crippen molar-refractivity contribution in [1.29, 1.82) is 0 Å². The Bertz CT molecular complexity index is 427. The highest BCUT2D eigenvalue weighted by Gasteiger charge is 2.31. The lowest BCUT2D eigenvalue weighted by Crippen LogP contribution is -2.33. The molecule has 0 amide bonds. The fourth-order valence-corrected chi connectivity index (χ4v) is 3.92. The molecule has 0 saturated heterocycles. The topological polar surface area (TPSA) is 12.0 Å². The molecular formula is C19H31NS. The van der Waals surface area contributed by atoms with Crippen LogP contribution >= 0.6 is 11.8 Å². The number of hydrogen-bond acceptors (Lipinski definition) is 2. The second-order valence-corrected chi connectivity index (χ2v) is 7.91. The van der Waals surface area contributed by atoms with Crippen LogP contribution in [0.3, 0.4) is 0 Å². The zero-order valence-corrected chi connectivity index (χ0v) is 14.8. The first kappa shape index (κ1) is 16.9. The molecule has 0 aliphatic heterocycles. The molecule has 1 aliphatic rings. The maximum atomic E-state index is 3.80. The Hall–Kier alpha value is -0.470. The van der Waals surface area contributed by atoms with Gasteiger partial charge in [-0.2, -0.15) is 11.8 Å². The van der Waals surface area contributed by atoms with Gasteiger partial charge in [-0.15, -0.1) is 0 Å². The Morgan fingerprint density at radius 3 is 2.71 bits per heavy atom. The average Bonchev–Trinajstić information content (AvgIpc) is 2.49. The standard InChI is InChI=1S/C19H31NS/c1-19(2)13-12-18(16-10-6-7-11-17(16)19)20-14-8-4-5-9-15-21-3/h6-7,10-11,18,20H,4-5,8-9,12-15H2,1-3H3. The third kappa shape index (κ3) is 4.75.